The third kappa shape index (κ3) is 6.39. The molecule has 1 aliphatic rings. The van der Waals surface area contributed by atoms with Gasteiger partial charge in [-0.15, -0.1) is 0 Å². The number of hydrogen-bond acceptors (Lipinski definition) is 5. The molecular formula is C28H31F3N4O2. The summed E-state index contributed by atoms with van der Waals surface area (Å²) < 4.78 is 45.1. The maximum absolute atomic E-state index is 13.2. The molecule has 3 aromatic rings. The number of alkyl halides is 3. The van der Waals surface area contributed by atoms with Gasteiger partial charge >= 0.3 is 12.3 Å². The van der Waals surface area contributed by atoms with Gasteiger partial charge in [0.1, 0.15) is 17.2 Å². The summed E-state index contributed by atoms with van der Waals surface area (Å²) in [5.74, 6) is 1.12. The van der Waals surface area contributed by atoms with Crippen LogP contribution in [-0.2, 0) is 10.9 Å². The van der Waals surface area contributed by atoms with Crippen molar-refractivity contribution >= 4 is 28.4 Å². The predicted octanol–water partition coefficient (Wildman–Crippen LogP) is 7.15. The molecule has 0 radical (unpaired) electrons. The number of carbonyl (C=O) groups is 1. The standard InChI is InChI=1S/C28H31F3N4O2/c1-17(20-7-6-8-22(15-20)28(29,30)31)32-25-23-16-21(9-10-24(23)33-18(2)34-25)19-11-13-35(14-12-19)26(36)37-27(3,4)5/h6-11,15-17H,12-14H2,1-5H3,(H,32,33,34)/t17-/m1/s1. The second kappa shape index (κ2) is 10.0. The zero-order valence-electron chi connectivity index (χ0n) is 21.6. The summed E-state index contributed by atoms with van der Waals surface area (Å²) in [7, 11) is 0. The first-order chi connectivity index (χ1) is 17.3. The summed E-state index contributed by atoms with van der Waals surface area (Å²) in [6, 6.07) is 10.8. The molecule has 37 heavy (non-hydrogen) atoms. The number of benzene rings is 2. The van der Waals surface area contributed by atoms with E-state index in [0.717, 1.165) is 34.2 Å². The summed E-state index contributed by atoms with van der Waals surface area (Å²) in [6.07, 6.45) is -2.06. The molecule has 0 bridgehead atoms. The van der Waals surface area contributed by atoms with Crippen molar-refractivity contribution in [3.05, 3.63) is 71.1 Å². The number of anilines is 1. The van der Waals surface area contributed by atoms with E-state index in [1.807, 2.05) is 45.0 Å². The number of aromatic nitrogens is 2. The maximum Gasteiger partial charge on any atom is 0.416 e. The van der Waals surface area contributed by atoms with Crippen molar-refractivity contribution in [2.45, 2.75) is 58.9 Å². The second-order valence-electron chi connectivity index (χ2n) is 10.2. The van der Waals surface area contributed by atoms with E-state index >= 15 is 0 Å². The van der Waals surface area contributed by atoms with Crippen molar-refractivity contribution in [2.75, 3.05) is 18.4 Å². The molecule has 9 heteroatoms. The minimum Gasteiger partial charge on any atom is -0.444 e. The van der Waals surface area contributed by atoms with E-state index in [4.69, 9.17) is 4.74 Å². The van der Waals surface area contributed by atoms with Crippen molar-refractivity contribution in [1.29, 1.82) is 0 Å². The van der Waals surface area contributed by atoms with Crippen LogP contribution in [0.25, 0.3) is 16.5 Å². The molecule has 0 spiro atoms. The average molecular weight is 513 g/mol. The van der Waals surface area contributed by atoms with E-state index in [2.05, 4.69) is 15.3 Å². The van der Waals surface area contributed by atoms with E-state index in [9.17, 15) is 18.0 Å². The number of aryl methyl sites for hydroxylation is 1. The van der Waals surface area contributed by atoms with Crippen LogP contribution in [-0.4, -0.2) is 39.7 Å². The van der Waals surface area contributed by atoms with Gasteiger partial charge in [0.25, 0.3) is 0 Å². The van der Waals surface area contributed by atoms with Crippen molar-refractivity contribution in [3.8, 4) is 0 Å². The minimum atomic E-state index is -4.41. The van der Waals surface area contributed by atoms with Crippen LogP contribution in [0.3, 0.4) is 0 Å². The molecule has 4 rings (SSSR count). The molecule has 0 aliphatic carbocycles. The average Bonchev–Trinajstić information content (AvgIpc) is 2.82. The summed E-state index contributed by atoms with van der Waals surface area (Å²) in [5.41, 5.74) is 2.09. The van der Waals surface area contributed by atoms with Gasteiger partial charge in [0.2, 0.25) is 0 Å². The smallest absolute Gasteiger partial charge is 0.416 e. The number of carbonyl (C=O) groups excluding carboxylic acids is 1. The van der Waals surface area contributed by atoms with Gasteiger partial charge in [0, 0.05) is 24.5 Å². The Labute approximate surface area is 214 Å². The third-order valence-corrected chi connectivity index (χ3v) is 6.11. The molecule has 1 atom stereocenters. The van der Waals surface area contributed by atoms with Crippen LogP contribution >= 0.6 is 0 Å². The zero-order chi connectivity index (χ0) is 27.0. The molecular weight excluding hydrogens is 481 g/mol. The Bertz CT molecular complexity index is 1350. The van der Waals surface area contributed by atoms with Crippen LogP contribution in [0, 0.1) is 6.92 Å². The highest BCUT2D eigenvalue weighted by atomic mass is 19.4. The number of nitrogens with zero attached hydrogens (tertiary/aromatic N) is 3. The van der Waals surface area contributed by atoms with E-state index in [1.165, 1.54) is 6.07 Å². The van der Waals surface area contributed by atoms with Crippen LogP contribution in [0.15, 0.2) is 48.5 Å². The fourth-order valence-electron chi connectivity index (χ4n) is 4.25. The molecule has 1 aromatic heterocycles. The lowest BCUT2D eigenvalue weighted by atomic mass is 9.98. The summed E-state index contributed by atoms with van der Waals surface area (Å²) in [5, 5.41) is 4.06. The van der Waals surface area contributed by atoms with E-state index in [-0.39, 0.29) is 6.09 Å². The summed E-state index contributed by atoms with van der Waals surface area (Å²) in [6.45, 7) is 10.1. The monoisotopic (exact) mass is 512 g/mol. The van der Waals surface area contributed by atoms with Crippen molar-refractivity contribution in [3.63, 3.8) is 0 Å². The first-order valence-electron chi connectivity index (χ1n) is 12.2. The predicted molar refractivity (Wildman–Crippen MR) is 138 cm³/mol. The number of amides is 1. The quantitative estimate of drug-likeness (QED) is 0.402. The van der Waals surface area contributed by atoms with Crippen LogP contribution in [0.2, 0.25) is 0 Å². The Morgan fingerprint density at radius 2 is 1.86 bits per heavy atom. The third-order valence-electron chi connectivity index (χ3n) is 6.11. The second-order valence-corrected chi connectivity index (χ2v) is 10.2. The first-order valence-corrected chi connectivity index (χ1v) is 12.2. The van der Waals surface area contributed by atoms with Gasteiger partial charge in [0.15, 0.2) is 0 Å². The number of nitrogens with one attached hydrogen (secondary N) is 1. The van der Waals surface area contributed by atoms with Crippen LogP contribution < -0.4 is 5.32 Å². The highest BCUT2D eigenvalue weighted by Gasteiger charge is 2.31. The summed E-state index contributed by atoms with van der Waals surface area (Å²) in [4.78, 5) is 23.2. The summed E-state index contributed by atoms with van der Waals surface area (Å²) >= 11 is 0. The lowest BCUT2D eigenvalue weighted by Gasteiger charge is -2.29. The minimum absolute atomic E-state index is 0.333. The molecule has 6 nitrogen and oxygen atoms in total. The SMILES string of the molecule is Cc1nc(N[C@H](C)c2cccc(C(F)(F)F)c2)c2cc(C3=CCN(C(=O)OC(C)(C)C)CC3)ccc2n1. The number of hydrogen-bond donors (Lipinski definition) is 1. The zero-order valence-corrected chi connectivity index (χ0v) is 21.6. The lowest BCUT2D eigenvalue weighted by Crippen LogP contribution is -2.39. The lowest BCUT2D eigenvalue weighted by molar-refractivity contribution is -0.137. The van der Waals surface area contributed by atoms with Crippen LogP contribution in [0.5, 0.6) is 0 Å². The Morgan fingerprint density at radius 3 is 2.51 bits per heavy atom. The van der Waals surface area contributed by atoms with E-state index in [1.54, 1.807) is 24.8 Å². The molecule has 196 valence electrons. The molecule has 1 amide bonds. The molecule has 1 aliphatic heterocycles. The molecule has 2 aromatic carbocycles. The highest BCUT2D eigenvalue weighted by molar-refractivity contribution is 5.92. The van der Waals surface area contributed by atoms with Crippen LogP contribution in [0.1, 0.15) is 62.7 Å². The van der Waals surface area contributed by atoms with E-state index in [0.29, 0.717) is 36.7 Å². The normalized spacial score (nSPS) is 15.4. The molecule has 0 saturated carbocycles. The fourth-order valence-corrected chi connectivity index (χ4v) is 4.25. The number of rotatable bonds is 4. The molecule has 0 saturated heterocycles. The largest absolute Gasteiger partial charge is 0.444 e. The Morgan fingerprint density at radius 1 is 1.11 bits per heavy atom. The first kappa shape index (κ1) is 26.4. The van der Waals surface area contributed by atoms with E-state index < -0.39 is 23.4 Å². The number of fused-ring (bicyclic) bond motifs is 1. The topological polar surface area (TPSA) is 67.4 Å². The number of halogens is 3. The van der Waals surface area contributed by atoms with Crippen molar-refractivity contribution in [1.82, 2.24) is 14.9 Å². The van der Waals surface area contributed by atoms with Crippen LogP contribution in [0.4, 0.5) is 23.8 Å². The Hall–Kier alpha value is -3.62. The van der Waals surface area contributed by atoms with Gasteiger partial charge in [-0.2, -0.15) is 13.2 Å². The van der Waals surface area contributed by atoms with Gasteiger partial charge in [-0.1, -0.05) is 24.3 Å². The molecule has 0 unspecified atom stereocenters. The van der Waals surface area contributed by atoms with Gasteiger partial charge in [-0.05, 0) is 82.0 Å². The van der Waals surface area contributed by atoms with Crippen molar-refractivity contribution in [2.24, 2.45) is 0 Å². The van der Waals surface area contributed by atoms with Gasteiger partial charge in [-0.3, -0.25) is 0 Å². The number of ether oxygens (including phenoxy) is 1. The van der Waals surface area contributed by atoms with Gasteiger partial charge in [-0.25, -0.2) is 14.8 Å². The Balaban J connectivity index is 1.59. The molecule has 2 heterocycles. The Kier molecular flexibility index (Phi) is 7.17. The van der Waals surface area contributed by atoms with Crippen molar-refractivity contribution < 1.29 is 22.7 Å². The maximum atomic E-state index is 13.2. The fraction of sp³-hybridized carbons (Fsp3) is 0.393. The molecule has 0 fully saturated rings. The van der Waals surface area contributed by atoms with Gasteiger partial charge in [0.05, 0.1) is 11.1 Å². The molecule has 1 N–H and O–H groups in total. The van der Waals surface area contributed by atoms with Gasteiger partial charge < -0.3 is 15.0 Å². The highest BCUT2D eigenvalue weighted by Crippen LogP contribution is 2.33.